The van der Waals surface area contributed by atoms with E-state index in [9.17, 15) is 0 Å². The summed E-state index contributed by atoms with van der Waals surface area (Å²) in [6.07, 6.45) is 0. The van der Waals surface area contributed by atoms with E-state index in [0.29, 0.717) is 0 Å². The summed E-state index contributed by atoms with van der Waals surface area (Å²) in [6, 6.07) is 89.0. The van der Waals surface area contributed by atoms with Crippen molar-refractivity contribution in [2.45, 2.75) is 0 Å². The average molecular weight is 813 g/mol. The van der Waals surface area contributed by atoms with Gasteiger partial charge in [-0.1, -0.05) is 188 Å². The molecule has 298 valence electrons. The Hall–Kier alpha value is -8.46. The number of fused-ring (bicyclic) bond motifs is 11. The number of para-hydroxylation sites is 1. The lowest BCUT2D eigenvalue weighted by atomic mass is 9.93. The van der Waals surface area contributed by atoms with Gasteiger partial charge in [0.1, 0.15) is 0 Å². The summed E-state index contributed by atoms with van der Waals surface area (Å²) in [5.74, 6) is 0. The molecule has 2 heteroatoms. The molecule has 13 aromatic rings. The first-order valence-electron chi connectivity index (χ1n) is 22.1. The number of nitrogens with zero attached hydrogens (tertiary/aromatic N) is 2. The molecule has 0 radical (unpaired) electrons. The van der Waals surface area contributed by atoms with E-state index >= 15 is 0 Å². The van der Waals surface area contributed by atoms with Crippen molar-refractivity contribution < 1.29 is 0 Å². The van der Waals surface area contributed by atoms with Crippen LogP contribution >= 0.6 is 0 Å². The van der Waals surface area contributed by atoms with Gasteiger partial charge < -0.3 is 9.47 Å². The standard InChI is InChI=1S/C62H40N2/c1-3-21-49-41(15-1)17-13-29-59(49)63(60-30-14-18-42-16-2-4-22-50(42)60)45-34-31-43(32-35-45)47-19-5-6-20-48(47)44-33-38-62-58(39-44)56-27-11-12-28-61(56)64(62)46-36-37-55-53-25-8-7-23-51(53)52-24-9-10-26-54(52)57(55)40-46/h1-40H. The van der Waals surface area contributed by atoms with Crippen molar-refractivity contribution in [1.82, 2.24) is 4.57 Å². The van der Waals surface area contributed by atoms with E-state index < -0.39 is 0 Å². The van der Waals surface area contributed by atoms with E-state index in [0.717, 1.165) is 22.7 Å². The predicted molar refractivity (Wildman–Crippen MR) is 274 cm³/mol. The van der Waals surface area contributed by atoms with Gasteiger partial charge in [0, 0.05) is 32.9 Å². The Kier molecular flexibility index (Phi) is 8.25. The maximum Gasteiger partial charge on any atom is 0.0541 e. The molecule has 0 atom stereocenters. The van der Waals surface area contributed by atoms with Gasteiger partial charge in [0.15, 0.2) is 0 Å². The normalized spacial score (nSPS) is 11.8. The minimum Gasteiger partial charge on any atom is -0.309 e. The monoisotopic (exact) mass is 812 g/mol. The highest BCUT2D eigenvalue weighted by Crippen LogP contribution is 2.44. The zero-order chi connectivity index (χ0) is 42.1. The Labute approximate surface area is 371 Å². The van der Waals surface area contributed by atoms with E-state index in [2.05, 4.69) is 252 Å². The zero-order valence-corrected chi connectivity index (χ0v) is 35.0. The van der Waals surface area contributed by atoms with Crippen molar-refractivity contribution in [1.29, 1.82) is 0 Å². The van der Waals surface area contributed by atoms with Crippen LogP contribution < -0.4 is 4.90 Å². The van der Waals surface area contributed by atoms with Gasteiger partial charge in [-0.15, -0.1) is 0 Å². The van der Waals surface area contributed by atoms with Gasteiger partial charge in [-0.05, 0) is 120 Å². The van der Waals surface area contributed by atoms with Crippen molar-refractivity contribution in [3.63, 3.8) is 0 Å². The minimum atomic E-state index is 1.11. The lowest BCUT2D eigenvalue weighted by molar-refractivity contribution is 1.19. The summed E-state index contributed by atoms with van der Waals surface area (Å²) in [6.45, 7) is 0. The first-order chi connectivity index (χ1) is 31.8. The van der Waals surface area contributed by atoms with Crippen LogP contribution in [-0.2, 0) is 0 Å². The van der Waals surface area contributed by atoms with E-state index in [4.69, 9.17) is 0 Å². The number of hydrogen-bond acceptors (Lipinski definition) is 1. The maximum atomic E-state index is 2.44. The molecular weight excluding hydrogens is 773 g/mol. The quantitative estimate of drug-likeness (QED) is 0.152. The molecule has 0 amide bonds. The molecule has 0 aliphatic carbocycles. The molecule has 1 aromatic heterocycles. The maximum absolute atomic E-state index is 2.44. The average Bonchev–Trinajstić information content (AvgIpc) is 3.70. The molecule has 64 heavy (non-hydrogen) atoms. The van der Waals surface area contributed by atoms with Crippen LogP contribution in [0.15, 0.2) is 243 Å². The summed E-state index contributed by atoms with van der Waals surface area (Å²) in [7, 11) is 0. The van der Waals surface area contributed by atoms with Gasteiger partial charge in [-0.3, -0.25) is 0 Å². The second-order valence-electron chi connectivity index (χ2n) is 16.8. The molecule has 0 spiro atoms. The second-order valence-corrected chi connectivity index (χ2v) is 16.8. The summed E-state index contributed by atoms with van der Waals surface area (Å²) in [5, 5.41) is 15.0. The second kappa shape index (κ2) is 14.6. The Morgan fingerprint density at radius 1 is 0.266 bits per heavy atom. The van der Waals surface area contributed by atoms with Crippen molar-refractivity contribution >= 4 is 92.7 Å². The lowest BCUT2D eigenvalue weighted by Gasteiger charge is -2.28. The van der Waals surface area contributed by atoms with Crippen LogP contribution in [0.5, 0.6) is 0 Å². The fraction of sp³-hybridized carbons (Fsp3) is 0. The molecule has 2 nitrogen and oxygen atoms in total. The molecule has 0 saturated heterocycles. The van der Waals surface area contributed by atoms with Gasteiger partial charge >= 0.3 is 0 Å². The fourth-order valence-electron chi connectivity index (χ4n) is 10.4. The first-order valence-corrected chi connectivity index (χ1v) is 22.1. The molecule has 0 saturated carbocycles. The molecule has 0 N–H and O–H groups in total. The minimum absolute atomic E-state index is 1.11. The van der Waals surface area contributed by atoms with Crippen LogP contribution in [0.4, 0.5) is 17.1 Å². The summed E-state index contributed by atoms with van der Waals surface area (Å²) in [5.41, 5.74) is 11.7. The van der Waals surface area contributed by atoms with Crippen LogP contribution in [0.3, 0.4) is 0 Å². The lowest BCUT2D eigenvalue weighted by Crippen LogP contribution is -2.11. The summed E-state index contributed by atoms with van der Waals surface area (Å²) in [4.78, 5) is 2.42. The zero-order valence-electron chi connectivity index (χ0n) is 35.0. The van der Waals surface area contributed by atoms with Gasteiger partial charge in [-0.2, -0.15) is 0 Å². The van der Waals surface area contributed by atoms with Crippen molar-refractivity contribution in [3.05, 3.63) is 243 Å². The predicted octanol–water partition coefficient (Wildman–Crippen LogP) is 17.4. The third kappa shape index (κ3) is 5.66. The van der Waals surface area contributed by atoms with Crippen LogP contribution in [0.2, 0.25) is 0 Å². The van der Waals surface area contributed by atoms with E-state index in [1.807, 2.05) is 0 Å². The van der Waals surface area contributed by atoms with E-state index in [1.165, 1.54) is 97.9 Å². The summed E-state index contributed by atoms with van der Waals surface area (Å²) < 4.78 is 2.44. The fourth-order valence-corrected chi connectivity index (χ4v) is 10.4. The Balaban J connectivity index is 0.934. The smallest absolute Gasteiger partial charge is 0.0541 e. The highest BCUT2D eigenvalue weighted by Gasteiger charge is 2.20. The Bertz CT molecular complexity index is 3840. The molecule has 12 aromatic carbocycles. The molecule has 13 rings (SSSR count). The highest BCUT2D eigenvalue weighted by molar-refractivity contribution is 6.25. The third-order valence-electron chi connectivity index (χ3n) is 13.3. The number of aromatic nitrogens is 1. The molecule has 0 fully saturated rings. The third-order valence-corrected chi connectivity index (χ3v) is 13.3. The topological polar surface area (TPSA) is 8.17 Å². The summed E-state index contributed by atoms with van der Waals surface area (Å²) >= 11 is 0. The van der Waals surface area contributed by atoms with Gasteiger partial charge in [0.2, 0.25) is 0 Å². The molecule has 0 aliphatic rings. The molecule has 0 unspecified atom stereocenters. The van der Waals surface area contributed by atoms with Gasteiger partial charge in [0.25, 0.3) is 0 Å². The molecule has 1 heterocycles. The van der Waals surface area contributed by atoms with E-state index in [-0.39, 0.29) is 0 Å². The molecule has 0 bridgehead atoms. The van der Waals surface area contributed by atoms with Crippen LogP contribution in [0.1, 0.15) is 0 Å². The number of benzene rings is 12. The Morgan fingerprint density at radius 2 is 0.719 bits per heavy atom. The van der Waals surface area contributed by atoms with Crippen molar-refractivity contribution in [2.24, 2.45) is 0 Å². The number of anilines is 3. The van der Waals surface area contributed by atoms with Crippen LogP contribution in [0.25, 0.3) is 104 Å². The van der Waals surface area contributed by atoms with Gasteiger partial charge in [-0.25, -0.2) is 0 Å². The van der Waals surface area contributed by atoms with Crippen LogP contribution in [-0.4, -0.2) is 4.57 Å². The van der Waals surface area contributed by atoms with Crippen LogP contribution in [0, 0.1) is 0 Å². The number of hydrogen-bond donors (Lipinski definition) is 0. The van der Waals surface area contributed by atoms with Crippen molar-refractivity contribution in [3.8, 4) is 27.9 Å². The van der Waals surface area contributed by atoms with Gasteiger partial charge in [0.05, 0.1) is 22.4 Å². The van der Waals surface area contributed by atoms with E-state index in [1.54, 1.807) is 0 Å². The largest absolute Gasteiger partial charge is 0.309 e. The highest BCUT2D eigenvalue weighted by atomic mass is 15.1. The first kappa shape index (κ1) is 36.2. The molecule has 0 aliphatic heterocycles. The number of rotatable bonds is 6. The SMILES string of the molecule is c1ccc(-c2ccc3c(c2)c2ccccc2n3-c2ccc3c4ccccc4c4ccccc4c3c2)c(-c2ccc(N(c3cccc4ccccc34)c3cccc4ccccc34)cc2)c1. The molecular formula is C62H40N2. The Morgan fingerprint density at radius 3 is 1.34 bits per heavy atom. The van der Waals surface area contributed by atoms with Crippen molar-refractivity contribution in [2.75, 3.05) is 4.90 Å².